The molecule has 0 aliphatic heterocycles. The molecule has 0 atom stereocenters. The smallest absolute Gasteiger partial charge is 0.294 e. The first-order chi connectivity index (χ1) is 8.80. The highest BCUT2D eigenvalue weighted by Gasteiger charge is 2.24. The van der Waals surface area contributed by atoms with Gasteiger partial charge in [0.05, 0.1) is 0 Å². The number of hydrogen-bond donors (Lipinski definition) is 0. The number of halogens is 1. The van der Waals surface area contributed by atoms with Crippen LogP contribution in [0.4, 0.5) is 0 Å². The first kappa shape index (κ1) is 14.0. The lowest BCUT2D eigenvalue weighted by Crippen LogP contribution is -2.10. The van der Waals surface area contributed by atoms with Gasteiger partial charge in [0.15, 0.2) is 5.82 Å². The van der Waals surface area contributed by atoms with Gasteiger partial charge in [0.2, 0.25) is 0 Å². The molecule has 0 saturated carbocycles. The van der Waals surface area contributed by atoms with Crippen molar-refractivity contribution in [3.05, 3.63) is 24.0 Å². The number of aryl methyl sites for hydroxylation is 1. The zero-order valence-electron chi connectivity index (χ0n) is 10.7. The molecule has 8 heteroatoms. The van der Waals surface area contributed by atoms with Crippen molar-refractivity contribution in [3.8, 4) is 11.4 Å². The molecule has 6 nitrogen and oxygen atoms in total. The summed E-state index contributed by atoms with van der Waals surface area (Å²) in [5.74, 6) is 0.432. The van der Waals surface area contributed by atoms with Crippen molar-refractivity contribution in [3.63, 3.8) is 0 Å². The van der Waals surface area contributed by atoms with E-state index in [1.807, 2.05) is 32.9 Å². The monoisotopic (exact) mass is 300 g/mol. The van der Waals surface area contributed by atoms with Crippen LogP contribution in [0.2, 0.25) is 0 Å². The van der Waals surface area contributed by atoms with E-state index in [1.54, 1.807) is 6.20 Å². The zero-order chi connectivity index (χ0) is 14.2. The van der Waals surface area contributed by atoms with E-state index in [4.69, 9.17) is 10.7 Å². The van der Waals surface area contributed by atoms with Crippen LogP contribution in [0.3, 0.4) is 0 Å². The van der Waals surface area contributed by atoms with Crippen LogP contribution in [-0.4, -0.2) is 28.2 Å². The van der Waals surface area contributed by atoms with Crippen LogP contribution in [0.25, 0.3) is 11.4 Å². The maximum atomic E-state index is 11.5. The van der Waals surface area contributed by atoms with Crippen LogP contribution in [0.1, 0.15) is 25.6 Å². The fourth-order valence-corrected chi connectivity index (χ4v) is 2.69. The molecule has 0 saturated heterocycles. The maximum Gasteiger partial charge on any atom is 0.296 e. The summed E-state index contributed by atoms with van der Waals surface area (Å²) in [6.45, 7) is 5.53. The molecule has 0 N–H and O–H groups in total. The minimum Gasteiger partial charge on any atom is -0.294 e. The second-order valence-corrected chi connectivity index (χ2v) is 6.86. The number of hydrogen-bond acceptors (Lipinski definition) is 5. The minimum absolute atomic E-state index is 0.144. The second-order valence-electron chi connectivity index (χ2n) is 4.40. The molecule has 2 aromatic rings. The first-order valence-corrected chi connectivity index (χ1v) is 7.94. The lowest BCUT2D eigenvalue weighted by molar-refractivity contribution is 0.530. The average molecular weight is 301 g/mol. The molecule has 102 valence electrons. The third-order valence-corrected chi connectivity index (χ3v) is 3.70. The van der Waals surface area contributed by atoms with Crippen LogP contribution < -0.4 is 0 Å². The van der Waals surface area contributed by atoms with E-state index < -0.39 is 9.05 Å². The van der Waals surface area contributed by atoms with Crippen molar-refractivity contribution in [1.29, 1.82) is 0 Å². The second kappa shape index (κ2) is 4.90. The highest BCUT2D eigenvalue weighted by Crippen LogP contribution is 2.25. The summed E-state index contributed by atoms with van der Waals surface area (Å²) in [5, 5.41) is 7.34. The van der Waals surface area contributed by atoms with E-state index >= 15 is 0 Å². The van der Waals surface area contributed by atoms with Gasteiger partial charge in [-0.3, -0.25) is 9.55 Å². The predicted octanol–water partition coefficient (Wildman–Crippen LogP) is 2.16. The van der Waals surface area contributed by atoms with Gasteiger partial charge in [-0.2, -0.15) is 0 Å². The fraction of sp³-hybridized carbons (Fsp3) is 0.364. The molecule has 0 amide bonds. The van der Waals surface area contributed by atoms with Crippen molar-refractivity contribution in [1.82, 2.24) is 19.7 Å². The molecule has 0 unspecified atom stereocenters. The van der Waals surface area contributed by atoms with Crippen LogP contribution in [0, 0.1) is 6.92 Å². The summed E-state index contributed by atoms with van der Waals surface area (Å²) in [5.41, 5.74) is 1.56. The van der Waals surface area contributed by atoms with Crippen molar-refractivity contribution in [2.45, 2.75) is 32.0 Å². The number of nitrogens with zero attached hydrogens (tertiary/aromatic N) is 4. The molecular weight excluding hydrogens is 288 g/mol. The van der Waals surface area contributed by atoms with Crippen LogP contribution in [0.5, 0.6) is 0 Å². The van der Waals surface area contributed by atoms with Gasteiger partial charge in [0.1, 0.15) is 0 Å². The van der Waals surface area contributed by atoms with E-state index in [9.17, 15) is 8.42 Å². The van der Waals surface area contributed by atoms with Crippen molar-refractivity contribution < 1.29 is 8.42 Å². The van der Waals surface area contributed by atoms with Crippen molar-refractivity contribution >= 4 is 19.7 Å². The topological polar surface area (TPSA) is 77.7 Å². The maximum absolute atomic E-state index is 11.5. The molecule has 0 bridgehead atoms. The van der Waals surface area contributed by atoms with Gasteiger partial charge >= 0.3 is 0 Å². The van der Waals surface area contributed by atoms with E-state index in [1.165, 1.54) is 4.57 Å². The molecule has 0 aliphatic carbocycles. The van der Waals surface area contributed by atoms with Gasteiger partial charge in [-0.25, -0.2) is 8.42 Å². The predicted molar refractivity (Wildman–Crippen MR) is 71.4 cm³/mol. The molecule has 2 aromatic heterocycles. The molecular formula is C11H13ClN4O2S. The van der Waals surface area contributed by atoms with Gasteiger partial charge in [-0.1, -0.05) is 0 Å². The summed E-state index contributed by atoms with van der Waals surface area (Å²) < 4.78 is 24.4. The summed E-state index contributed by atoms with van der Waals surface area (Å²) in [4.78, 5) is 4.16. The molecule has 0 aliphatic rings. The van der Waals surface area contributed by atoms with E-state index in [0.717, 1.165) is 5.69 Å². The molecule has 0 aromatic carbocycles. The lowest BCUT2D eigenvalue weighted by atomic mass is 10.2. The minimum atomic E-state index is -3.93. The highest BCUT2D eigenvalue weighted by atomic mass is 35.7. The molecule has 2 rings (SSSR count). The normalized spacial score (nSPS) is 12.1. The standard InChI is InChI=1S/C11H13ClN4O2S/c1-7(2)16-10(9-5-4-8(3)13-6-9)14-15-11(16)19(12,17)18/h4-7H,1-3H3. The molecule has 0 radical (unpaired) electrons. The van der Waals surface area contributed by atoms with Crippen LogP contribution in [-0.2, 0) is 9.05 Å². The van der Waals surface area contributed by atoms with E-state index in [-0.39, 0.29) is 11.2 Å². The fourth-order valence-electron chi connectivity index (χ4n) is 1.71. The third-order valence-electron chi connectivity index (χ3n) is 2.57. The Labute approximate surface area is 115 Å². The summed E-state index contributed by atoms with van der Waals surface area (Å²) in [6, 6.07) is 3.49. The average Bonchev–Trinajstić information content (AvgIpc) is 2.74. The van der Waals surface area contributed by atoms with Crippen molar-refractivity contribution in [2.75, 3.05) is 0 Å². The van der Waals surface area contributed by atoms with E-state index in [2.05, 4.69) is 15.2 Å². The largest absolute Gasteiger partial charge is 0.296 e. The van der Waals surface area contributed by atoms with Gasteiger partial charge < -0.3 is 0 Å². The summed E-state index contributed by atoms with van der Waals surface area (Å²) in [7, 11) is 1.43. The number of pyridine rings is 1. The molecule has 0 spiro atoms. The Morgan fingerprint density at radius 1 is 1.26 bits per heavy atom. The first-order valence-electron chi connectivity index (χ1n) is 5.63. The van der Waals surface area contributed by atoms with Crippen LogP contribution in [0.15, 0.2) is 23.5 Å². The molecule has 2 heterocycles. The highest BCUT2D eigenvalue weighted by molar-refractivity contribution is 8.13. The van der Waals surface area contributed by atoms with Gasteiger partial charge in [0.25, 0.3) is 14.2 Å². The summed E-state index contributed by atoms with van der Waals surface area (Å²) in [6.07, 6.45) is 1.63. The molecule has 19 heavy (non-hydrogen) atoms. The Kier molecular flexibility index (Phi) is 3.60. The van der Waals surface area contributed by atoms with Crippen LogP contribution >= 0.6 is 10.7 Å². The zero-order valence-corrected chi connectivity index (χ0v) is 12.3. The number of rotatable bonds is 3. The molecule has 0 fully saturated rings. The lowest BCUT2D eigenvalue weighted by Gasteiger charge is -2.12. The van der Waals surface area contributed by atoms with Crippen molar-refractivity contribution in [2.24, 2.45) is 0 Å². The Balaban J connectivity index is 2.65. The SMILES string of the molecule is Cc1ccc(-c2nnc(S(=O)(=O)Cl)n2C(C)C)cn1. The third kappa shape index (κ3) is 2.76. The number of aromatic nitrogens is 4. The summed E-state index contributed by atoms with van der Waals surface area (Å²) >= 11 is 0. The van der Waals surface area contributed by atoms with Gasteiger partial charge in [-0.15, -0.1) is 10.2 Å². The quantitative estimate of drug-likeness (QED) is 0.812. The van der Waals surface area contributed by atoms with Gasteiger partial charge in [-0.05, 0) is 32.9 Å². The Morgan fingerprint density at radius 3 is 2.42 bits per heavy atom. The Hall–Kier alpha value is -1.47. The Bertz CT molecular complexity index is 692. The Morgan fingerprint density at radius 2 is 1.95 bits per heavy atom. The van der Waals surface area contributed by atoms with E-state index in [0.29, 0.717) is 11.4 Å². The van der Waals surface area contributed by atoms with Gasteiger partial charge in [0, 0.05) is 34.2 Å².